The summed E-state index contributed by atoms with van der Waals surface area (Å²) in [5.41, 5.74) is -0.408. The molecule has 1 atom stereocenters. The highest BCUT2D eigenvalue weighted by Crippen LogP contribution is 2.28. The molecule has 1 N–H and O–H groups in total. The van der Waals surface area contributed by atoms with Crippen LogP contribution < -0.4 is 5.32 Å². The van der Waals surface area contributed by atoms with Gasteiger partial charge in [-0.3, -0.25) is 4.90 Å². The predicted molar refractivity (Wildman–Crippen MR) is 64.6 cm³/mol. The maximum Gasteiger partial charge on any atom is 0.394 e. The molecule has 0 radical (unpaired) electrons. The van der Waals surface area contributed by atoms with Crippen LogP contribution >= 0.6 is 0 Å². The van der Waals surface area contributed by atoms with Crippen LogP contribution in [0.4, 0.5) is 13.2 Å². The summed E-state index contributed by atoms with van der Waals surface area (Å²) in [6.07, 6.45) is -4.13. The third-order valence-corrected chi connectivity index (χ3v) is 3.08. The maximum absolute atomic E-state index is 12.8. The van der Waals surface area contributed by atoms with Gasteiger partial charge >= 0.3 is 6.18 Å². The lowest BCUT2D eigenvalue weighted by Gasteiger charge is -2.33. The van der Waals surface area contributed by atoms with Crippen LogP contribution in [0.15, 0.2) is 0 Å². The Hall–Kier alpha value is -0.330. The minimum atomic E-state index is -4.13. The molecule has 0 aromatic heterocycles. The third-order valence-electron chi connectivity index (χ3n) is 3.08. The number of halogens is 3. The predicted octanol–water partition coefficient (Wildman–Crippen LogP) is 1.89. The number of nitrogens with zero attached hydrogens (tertiary/aromatic N) is 1. The molecule has 0 aromatic carbocycles. The quantitative estimate of drug-likeness (QED) is 0.842. The summed E-state index contributed by atoms with van der Waals surface area (Å²) < 4.78 is 43.9. The van der Waals surface area contributed by atoms with Gasteiger partial charge in [-0.2, -0.15) is 13.2 Å². The molecule has 1 rings (SSSR count). The van der Waals surface area contributed by atoms with E-state index < -0.39 is 17.7 Å². The molecule has 0 bridgehead atoms. The molecule has 1 aliphatic rings. The van der Waals surface area contributed by atoms with E-state index in [9.17, 15) is 13.2 Å². The van der Waals surface area contributed by atoms with E-state index >= 15 is 0 Å². The summed E-state index contributed by atoms with van der Waals surface area (Å²) in [6.45, 7) is 8.09. The lowest BCUT2D eigenvalue weighted by Crippen LogP contribution is -2.45. The summed E-state index contributed by atoms with van der Waals surface area (Å²) in [7, 11) is 0. The van der Waals surface area contributed by atoms with E-state index in [1.165, 1.54) is 0 Å². The molecule has 1 saturated heterocycles. The Bertz CT molecular complexity index is 256. The van der Waals surface area contributed by atoms with E-state index in [1.54, 1.807) is 0 Å². The van der Waals surface area contributed by atoms with Crippen molar-refractivity contribution < 1.29 is 17.9 Å². The van der Waals surface area contributed by atoms with Crippen molar-refractivity contribution in [3.05, 3.63) is 0 Å². The SMILES string of the molecule is CCOC(C)(C)CN1CCNCC(C(F)(F)F)C1. The molecule has 1 heterocycles. The van der Waals surface area contributed by atoms with Crippen molar-refractivity contribution in [3.63, 3.8) is 0 Å². The molecule has 0 saturated carbocycles. The zero-order chi connectivity index (χ0) is 13.8. The van der Waals surface area contributed by atoms with Gasteiger partial charge < -0.3 is 10.1 Å². The van der Waals surface area contributed by atoms with Gasteiger partial charge in [0.15, 0.2) is 0 Å². The van der Waals surface area contributed by atoms with Gasteiger partial charge in [0.25, 0.3) is 0 Å². The average Bonchev–Trinajstić information content (AvgIpc) is 2.41. The normalized spacial score (nSPS) is 24.0. The molecule has 0 amide bonds. The van der Waals surface area contributed by atoms with Crippen LogP contribution in [0.2, 0.25) is 0 Å². The van der Waals surface area contributed by atoms with Crippen molar-refractivity contribution >= 4 is 0 Å². The number of rotatable bonds is 4. The molecule has 1 unspecified atom stereocenters. The van der Waals surface area contributed by atoms with Crippen LogP contribution in [0.25, 0.3) is 0 Å². The van der Waals surface area contributed by atoms with Gasteiger partial charge in [0.05, 0.1) is 11.5 Å². The molecular weight excluding hydrogens is 245 g/mol. The first kappa shape index (κ1) is 15.7. The van der Waals surface area contributed by atoms with Gasteiger partial charge in [-0.1, -0.05) is 0 Å². The fourth-order valence-corrected chi connectivity index (χ4v) is 2.32. The molecule has 3 nitrogen and oxygen atoms in total. The van der Waals surface area contributed by atoms with Crippen molar-refractivity contribution in [1.82, 2.24) is 10.2 Å². The topological polar surface area (TPSA) is 24.5 Å². The van der Waals surface area contributed by atoms with Crippen LogP contribution in [0.1, 0.15) is 20.8 Å². The van der Waals surface area contributed by atoms with E-state index in [4.69, 9.17) is 4.74 Å². The summed E-state index contributed by atoms with van der Waals surface area (Å²) in [5.74, 6) is -1.29. The summed E-state index contributed by atoms with van der Waals surface area (Å²) >= 11 is 0. The second kappa shape index (κ2) is 6.21. The number of hydrogen-bond donors (Lipinski definition) is 1. The first-order valence-electron chi connectivity index (χ1n) is 6.38. The maximum atomic E-state index is 12.8. The Morgan fingerprint density at radius 2 is 2.00 bits per heavy atom. The number of hydrogen-bond acceptors (Lipinski definition) is 3. The molecule has 0 aromatic rings. The van der Waals surface area contributed by atoms with Gasteiger partial charge in [-0.25, -0.2) is 0 Å². The Kier molecular flexibility index (Phi) is 5.43. The summed E-state index contributed by atoms with van der Waals surface area (Å²) in [4.78, 5) is 1.84. The van der Waals surface area contributed by atoms with Gasteiger partial charge in [0, 0.05) is 39.3 Å². The van der Waals surface area contributed by atoms with Crippen molar-refractivity contribution in [1.29, 1.82) is 0 Å². The van der Waals surface area contributed by atoms with Gasteiger partial charge in [0.2, 0.25) is 0 Å². The van der Waals surface area contributed by atoms with Crippen LogP contribution in [-0.2, 0) is 4.74 Å². The zero-order valence-electron chi connectivity index (χ0n) is 11.3. The highest BCUT2D eigenvalue weighted by Gasteiger charge is 2.41. The van der Waals surface area contributed by atoms with E-state index in [0.717, 1.165) is 0 Å². The number of alkyl halides is 3. The Labute approximate surface area is 107 Å². The molecule has 108 valence electrons. The molecule has 0 aliphatic carbocycles. The van der Waals surface area contributed by atoms with Crippen LogP contribution in [0.5, 0.6) is 0 Å². The standard InChI is InChI=1S/C12H23F3N2O/c1-4-18-11(2,3)9-17-6-5-16-7-10(8-17)12(13,14)15/h10,16H,4-9H2,1-3H3. The number of nitrogens with one attached hydrogen (secondary N) is 1. The third kappa shape index (κ3) is 5.12. The Balaban J connectivity index is 2.59. The molecule has 1 fully saturated rings. The first-order chi connectivity index (χ1) is 8.24. The van der Waals surface area contributed by atoms with E-state index in [2.05, 4.69) is 5.32 Å². The highest BCUT2D eigenvalue weighted by atomic mass is 19.4. The minimum absolute atomic E-state index is 0.00899. The largest absolute Gasteiger partial charge is 0.394 e. The van der Waals surface area contributed by atoms with Gasteiger partial charge in [0.1, 0.15) is 0 Å². The van der Waals surface area contributed by atoms with Crippen molar-refractivity contribution in [2.75, 3.05) is 39.3 Å². The average molecular weight is 268 g/mol. The summed E-state index contributed by atoms with van der Waals surface area (Å²) in [5, 5.41) is 2.85. The monoisotopic (exact) mass is 268 g/mol. The molecule has 0 spiro atoms. The number of ether oxygens (including phenoxy) is 1. The molecule has 18 heavy (non-hydrogen) atoms. The van der Waals surface area contributed by atoms with Crippen molar-refractivity contribution in [2.45, 2.75) is 32.5 Å². The van der Waals surface area contributed by atoms with Crippen LogP contribution in [-0.4, -0.2) is 56.0 Å². The molecular formula is C12H23F3N2O. The zero-order valence-corrected chi connectivity index (χ0v) is 11.3. The van der Waals surface area contributed by atoms with E-state index in [1.807, 2.05) is 25.7 Å². The molecule has 1 aliphatic heterocycles. The van der Waals surface area contributed by atoms with Crippen LogP contribution in [0, 0.1) is 5.92 Å². The van der Waals surface area contributed by atoms with Crippen molar-refractivity contribution in [2.24, 2.45) is 5.92 Å². The fraction of sp³-hybridized carbons (Fsp3) is 1.00. The second-order valence-electron chi connectivity index (χ2n) is 5.37. The van der Waals surface area contributed by atoms with Crippen LogP contribution in [0.3, 0.4) is 0 Å². The Morgan fingerprint density at radius 1 is 1.33 bits per heavy atom. The minimum Gasteiger partial charge on any atom is -0.375 e. The van der Waals surface area contributed by atoms with Crippen molar-refractivity contribution in [3.8, 4) is 0 Å². The smallest absolute Gasteiger partial charge is 0.375 e. The van der Waals surface area contributed by atoms with Gasteiger partial charge in [-0.15, -0.1) is 0 Å². The van der Waals surface area contributed by atoms with Gasteiger partial charge in [-0.05, 0) is 20.8 Å². The van der Waals surface area contributed by atoms with E-state index in [0.29, 0.717) is 26.2 Å². The fourth-order valence-electron chi connectivity index (χ4n) is 2.32. The Morgan fingerprint density at radius 3 is 2.56 bits per heavy atom. The lowest BCUT2D eigenvalue weighted by molar-refractivity contribution is -0.177. The second-order valence-corrected chi connectivity index (χ2v) is 5.37. The first-order valence-corrected chi connectivity index (χ1v) is 6.38. The lowest BCUT2D eigenvalue weighted by atomic mass is 10.1. The summed E-state index contributed by atoms with van der Waals surface area (Å²) in [6, 6.07) is 0. The molecule has 6 heteroatoms. The highest BCUT2D eigenvalue weighted by molar-refractivity contribution is 4.82. The van der Waals surface area contributed by atoms with E-state index in [-0.39, 0.29) is 13.1 Å².